The highest BCUT2D eigenvalue weighted by atomic mass is 16.4. The molecule has 2 rings (SSSR count). The Hall–Kier alpha value is -1.50. The van der Waals surface area contributed by atoms with E-state index >= 15 is 0 Å². The van der Waals surface area contributed by atoms with Crippen molar-refractivity contribution in [1.29, 1.82) is 5.26 Å². The van der Waals surface area contributed by atoms with Crippen LogP contribution in [0.15, 0.2) is 11.1 Å². The summed E-state index contributed by atoms with van der Waals surface area (Å²) in [5.41, 5.74) is 2.14. The smallest absolute Gasteiger partial charge is 0.407 e. The third-order valence-electron chi connectivity index (χ3n) is 3.12. The Kier molecular flexibility index (Phi) is 2.63. The van der Waals surface area contributed by atoms with Crippen molar-refractivity contribution < 1.29 is 9.90 Å². The summed E-state index contributed by atoms with van der Waals surface area (Å²) in [5.74, 6) is 0.487. The van der Waals surface area contributed by atoms with Crippen LogP contribution in [-0.4, -0.2) is 29.2 Å². The Labute approximate surface area is 88.8 Å². The minimum atomic E-state index is -0.848. The van der Waals surface area contributed by atoms with Crippen LogP contribution in [0.25, 0.3) is 0 Å². The van der Waals surface area contributed by atoms with Crippen molar-refractivity contribution in [1.82, 2.24) is 4.90 Å². The van der Waals surface area contributed by atoms with Crippen LogP contribution < -0.4 is 0 Å². The predicted octanol–water partition coefficient (Wildman–Crippen LogP) is 1.99. The molecule has 0 aromatic carbocycles. The van der Waals surface area contributed by atoms with Gasteiger partial charge in [0.25, 0.3) is 0 Å². The van der Waals surface area contributed by atoms with E-state index in [1.165, 1.54) is 10.5 Å². The van der Waals surface area contributed by atoms with Gasteiger partial charge >= 0.3 is 6.09 Å². The Bertz CT molecular complexity index is 340. The SMILES string of the molecule is N#CC(=C1CCN(C(=O)O)CC1)C1CC1. The second-order valence-corrected chi connectivity index (χ2v) is 4.17. The molecule has 1 aliphatic heterocycles. The first-order chi connectivity index (χ1) is 7.22. The molecule has 0 atom stereocenters. The molecule has 1 N–H and O–H groups in total. The second kappa shape index (κ2) is 3.93. The van der Waals surface area contributed by atoms with Crippen molar-refractivity contribution >= 4 is 6.09 Å². The molecule has 1 saturated carbocycles. The zero-order chi connectivity index (χ0) is 10.8. The van der Waals surface area contributed by atoms with Crippen LogP contribution in [0, 0.1) is 17.2 Å². The van der Waals surface area contributed by atoms with Gasteiger partial charge in [0.15, 0.2) is 0 Å². The molecule has 1 aliphatic carbocycles. The van der Waals surface area contributed by atoms with E-state index in [1.54, 1.807) is 0 Å². The van der Waals surface area contributed by atoms with Gasteiger partial charge in [0.2, 0.25) is 0 Å². The fraction of sp³-hybridized carbons (Fsp3) is 0.636. The molecule has 0 aromatic heterocycles. The molecule has 0 spiro atoms. The average Bonchev–Trinajstić information content (AvgIpc) is 3.04. The molecule has 4 nitrogen and oxygen atoms in total. The molecule has 15 heavy (non-hydrogen) atoms. The van der Waals surface area contributed by atoms with Gasteiger partial charge in [-0.2, -0.15) is 5.26 Å². The Balaban J connectivity index is 2.03. The lowest BCUT2D eigenvalue weighted by Gasteiger charge is -2.26. The van der Waals surface area contributed by atoms with E-state index in [2.05, 4.69) is 6.07 Å². The van der Waals surface area contributed by atoms with Crippen LogP contribution in [0.4, 0.5) is 4.79 Å². The molecule has 0 unspecified atom stereocenters. The molecule has 2 aliphatic rings. The van der Waals surface area contributed by atoms with E-state index in [9.17, 15) is 4.79 Å². The summed E-state index contributed by atoms with van der Waals surface area (Å²) >= 11 is 0. The third-order valence-corrected chi connectivity index (χ3v) is 3.12. The molecule has 1 heterocycles. The summed E-state index contributed by atoms with van der Waals surface area (Å²) in [6.45, 7) is 1.09. The first-order valence-electron chi connectivity index (χ1n) is 5.32. The number of allylic oxidation sites excluding steroid dienone is 1. The molecule has 0 bridgehead atoms. The van der Waals surface area contributed by atoms with E-state index in [4.69, 9.17) is 10.4 Å². The number of likely N-dealkylation sites (tertiary alicyclic amines) is 1. The van der Waals surface area contributed by atoms with Crippen LogP contribution >= 0.6 is 0 Å². The maximum atomic E-state index is 10.7. The maximum Gasteiger partial charge on any atom is 0.407 e. The first-order valence-corrected chi connectivity index (χ1v) is 5.32. The molecule has 1 saturated heterocycles. The zero-order valence-corrected chi connectivity index (χ0v) is 8.57. The number of carboxylic acid groups (broad SMARTS) is 1. The van der Waals surface area contributed by atoms with Gasteiger partial charge in [-0.25, -0.2) is 4.79 Å². The van der Waals surface area contributed by atoms with Crippen LogP contribution in [0.1, 0.15) is 25.7 Å². The zero-order valence-electron chi connectivity index (χ0n) is 8.57. The van der Waals surface area contributed by atoms with Crippen LogP contribution in [0.2, 0.25) is 0 Å². The van der Waals surface area contributed by atoms with Crippen LogP contribution in [0.3, 0.4) is 0 Å². The monoisotopic (exact) mass is 206 g/mol. The Morgan fingerprint density at radius 2 is 2.00 bits per heavy atom. The van der Waals surface area contributed by atoms with Gasteiger partial charge in [-0.15, -0.1) is 0 Å². The molecular weight excluding hydrogens is 192 g/mol. The highest BCUT2D eigenvalue weighted by Gasteiger charge is 2.30. The lowest BCUT2D eigenvalue weighted by Crippen LogP contribution is -2.35. The molecule has 2 fully saturated rings. The summed E-state index contributed by atoms with van der Waals surface area (Å²) < 4.78 is 0. The molecule has 80 valence electrons. The van der Waals surface area contributed by atoms with Crippen molar-refractivity contribution in [3.63, 3.8) is 0 Å². The van der Waals surface area contributed by atoms with E-state index < -0.39 is 6.09 Å². The van der Waals surface area contributed by atoms with Crippen molar-refractivity contribution in [2.24, 2.45) is 5.92 Å². The Morgan fingerprint density at radius 3 is 2.40 bits per heavy atom. The van der Waals surface area contributed by atoms with Crippen LogP contribution in [0.5, 0.6) is 0 Å². The largest absolute Gasteiger partial charge is 0.465 e. The van der Waals surface area contributed by atoms with Crippen molar-refractivity contribution in [3.05, 3.63) is 11.1 Å². The minimum absolute atomic E-state index is 0.487. The normalized spacial score (nSPS) is 21.0. The van der Waals surface area contributed by atoms with Crippen molar-refractivity contribution in [3.8, 4) is 6.07 Å². The number of amides is 1. The number of carbonyl (C=O) groups is 1. The Morgan fingerprint density at radius 1 is 1.40 bits per heavy atom. The van der Waals surface area contributed by atoms with Gasteiger partial charge in [0, 0.05) is 18.7 Å². The number of piperidine rings is 1. The molecule has 0 radical (unpaired) electrons. The maximum absolute atomic E-state index is 10.7. The number of nitriles is 1. The highest BCUT2D eigenvalue weighted by Crippen LogP contribution is 2.39. The van der Waals surface area contributed by atoms with Crippen molar-refractivity contribution in [2.75, 3.05) is 13.1 Å². The molecule has 1 amide bonds. The van der Waals surface area contributed by atoms with Crippen molar-refractivity contribution in [2.45, 2.75) is 25.7 Å². The molecular formula is C11H14N2O2. The number of nitrogens with zero attached hydrogens (tertiary/aromatic N) is 2. The lowest BCUT2D eigenvalue weighted by molar-refractivity contribution is 0.141. The van der Waals surface area contributed by atoms with Gasteiger partial charge in [-0.1, -0.05) is 5.57 Å². The summed E-state index contributed by atoms with van der Waals surface area (Å²) in [6.07, 6.45) is 2.90. The van der Waals surface area contributed by atoms with Gasteiger partial charge < -0.3 is 10.0 Å². The van der Waals surface area contributed by atoms with Gasteiger partial charge in [-0.05, 0) is 31.6 Å². The fourth-order valence-corrected chi connectivity index (χ4v) is 2.07. The fourth-order valence-electron chi connectivity index (χ4n) is 2.07. The number of hydrogen-bond donors (Lipinski definition) is 1. The van der Waals surface area contributed by atoms with E-state index in [1.807, 2.05) is 0 Å². The lowest BCUT2D eigenvalue weighted by atomic mass is 9.96. The number of rotatable bonds is 1. The van der Waals surface area contributed by atoms with E-state index in [0.29, 0.717) is 19.0 Å². The summed E-state index contributed by atoms with van der Waals surface area (Å²) in [4.78, 5) is 12.1. The standard InChI is InChI=1S/C11H14N2O2/c12-7-10(8-1-2-8)9-3-5-13(6-4-9)11(14)15/h8H,1-6H2,(H,14,15). The molecule has 4 heteroatoms. The summed E-state index contributed by atoms with van der Waals surface area (Å²) in [7, 11) is 0. The topological polar surface area (TPSA) is 64.3 Å². The van der Waals surface area contributed by atoms with Crippen LogP contribution in [-0.2, 0) is 0 Å². The second-order valence-electron chi connectivity index (χ2n) is 4.17. The quantitative estimate of drug-likeness (QED) is 0.667. The average molecular weight is 206 g/mol. The van der Waals surface area contributed by atoms with E-state index in [-0.39, 0.29) is 0 Å². The third kappa shape index (κ3) is 2.12. The van der Waals surface area contributed by atoms with Gasteiger partial charge in [0.1, 0.15) is 0 Å². The first kappa shape index (κ1) is 10.0. The predicted molar refractivity (Wildman–Crippen MR) is 54.2 cm³/mol. The molecule has 0 aromatic rings. The van der Waals surface area contributed by atoms with E-state index in [0.717, 1.165) is 31.3 Å². The van der Waals surface area contributed by atoms with Gasteiger partial charge in [-0.3, -0.25) is 0 Å². The number of hydrogen-bond acceptors (Lipinski definition) is 2. The summed E-state index contributed by atoms with van der Waals surface area (Å²) in [6, 6.07) is 2.29. The summed E-state index contributed by atoms with van der Waals surface area (Å²) in [5, 5.41) is 17.8. The highest BCUT2D eigenvalue weighted by molar-refractivity contribution is 5.65. The van der Waals surface area contributed by atoms with Gasteiger partial charge in [0.05, 0.1) is 6.07 Å². The minimum Gasteiger partial charge on any atom is -0.465 e.